The van der Waals surface area contributed by atoms with Crippen molar-refractivity contribution in [2.24, 2.45) is 5.84 Å². The van der Waals surface area contributed by atoms with Gasteiger partial charge in [0, 0.05) is 22.2 Å². The molecular formula is C10H10BrN3S. The van der Waals surface area contributed by atoms with E-state index in [-0.39, 0.29) is 6.04 Å². The number of aromatic nitrogens is 1. The monoisotopic (exact) mass is 283 g/mol. The molecule has 0 bridgehead atoms. The second-order valence-corrected chi connectivity index (χ2v) is 4.65. The Morgan fingerprint density at radius 1 is 1.33 bits per heavy atom. The Morgan fingerprint density at radius 3 is 2.60 bits per heavy atom. The van der Waals surface area contributed by atoms with Gasteiger partial charge < -0.3 is 0 Å². The van der Waals surface area contributed by atoms with Gasteiger partial charge in [-0.15, -0.1) is 0 Å². The highest BCUT2D eigenvalue weighted by atomic mass is 79.9. The number of hydrogen-bond acceptors (Lipinski definition) is 4. The molecular weight excluding hydrogens is 274 g/mol. The van der Waals surface area contributed by atoms with E-state index in [0.717, 1.165) is 15.6 Å². The maximum absolute atomic E-state index is 5.58. The van der Waals surface area contributed by atoms with E-state index >= 15 is 0 Å². The van der Waals surface area contributed by atoms with Crippen LogP contribution in [0.2, 0.25) is 0 Å². The summed E-state index contributed by atoms with van der Waals surface area (Å²) in [5, 5.41) is 4.12. The second-order valence-electron chi connectivity index (χ2n) is 3.06. The van der Waals surface area contributed by atoms with Gasteiger partial charge >= 0.3 is 0 Å². The summed E-state index contributed by atoms with van der Waals surface area (Å²) in [7, 11) is 0. The average molecular weight is 284 g/mol. The molecule has 0 amide bonds. The number of hydrazine groups is 1. The second kappa shape index (κ2) is 4.85. The molecule has 0 fully saturated rings. The standard InChI is InChI=1S/C10H10BrN3S/c11-9-6-15-5-8(9)10(14-12)7-1-3-13-4-2-7/h1-6,10,14H,12H2. The van der Waals surface area contributed by atoms with Gasteiger partial charge in [-0.05, 0) is 44.6 Å². The van der Waals surface area contributed by atoms with Gasteiger partial charge in [0.2, 0.25) is 0 Å². The molecule has 0 saturated heterocycles. The molecule has 2 heterocycles. The van der Waals surface area contributed by atoms with E-state index < -0.39 is 0 Å². The Kier molecular flexibility index (Phi) is 3.48. The van der Waals surface area contributed by atoms with Crippen molar-refractivity contribution in [3.8, 4) is 0 Å². The topological polar surface area (TPSA) is 50.9 Å². The number of pyridine rings is 1. The molecule has 15 heavy (non-hydrogen) atoms. The summed E-state index contributed by atoms with van der Waals surface area (Å²) < 4.78 is 1.08. The Balaban J connectivity index is 2.37. The van der Waals surface area contributed by atoms with E-state index in [1.807, 2.05) is 17.5 Å². The summed E-state index contributed by atoms with van der Waals surface area (Å²) >= 11 is 5.15. The number of rotatable bonds is 3. The maximum atomic E-state index is 5.58. The highest BCUT2D eigenvalue weighted by Crippen LogP contribution is 2.30. The Morgan fingerprint density at radius 2 is 2.07 bits per heavy atom. The molecule has 0 spiro atoms. The molecule has 0 aromatic carbocycles. The first kappa shape index (κ1) is 10.8. The van der Waals surface area contributed by atoms with E-state index in [2.05, 4.69) is 31.7 Å². The molecule has 0 aliphatic heterocycles. The Hall–Kier alpha value is -0.750. The minimum atomic E-state index is 0.00799. The fraction of sp³-hybridized carbons (Fsp3) is 0.100. The zero-order chi connectivity index (χ0) is 10.7. The smallest absolute Gasteiger partial charge is 0.0730 e. The van der Waals surface area contributed by atoms with Crippen LogP contribution in [0.25, 0.3) is 0 Å². The van der Waals surface area contributed by atoms with E-state index in [1.54, 1.807) is 23.7 Å². The fourth-order valence-electron chi connectivity index (χ4n) is 1.42. The van der Waals surface area contributed by atoms with Crippen LogP contribution in [0.15, 0.2) is 39.8 Å². The predicted octanol–water partition coefficient (Wildman–Crippen LogP) is 2.46. The van der Waals surface area contributed by atoms with Gasteiger partial charge in [0.15, 0.2) is 0 Å². The first-order chi connectivity index (χ1) is 7.33. The normalized spacial score (nSPS) is 12.7. The van der Waals surface area contributed by atoms with Crippen molar-refractivity contribution in [3.63, 3.8) is 0 Å². The molecule has 78 valence electrons. The summed E-state index contributed by atoms with van der Waals surface area (Å²) in [4.78, 5) is 3.99. The molecule has 0 radical (unpaired) electrons. The largest absolute Gasteiger partial charge is 0.271 e. The van der Waals surface area contributed by atoms with E-state index in [4.69, 9.17) is 5.84 Å². The third kappa shape index (κ3) is 2.26. The van der Waals surface area contributed by atoms with Gasteiger partial charge in [-0.3, -0.25) is 10.8 Å². The van der Waals surface area contributed by atoms with Gasteiger partial charge in [-0.2, -0.15) is 11.3 Å². The fourth-order valence-corrected chi connectivity index (χ4v) is 2.97. The number of nitrogens with two attached hydrogens (primary N) is 1. The lowest BCUT2D eigenvalue weighted by molar-refractivity contribution is 0.636. The molecule has 2 aromatic rings. The van der Waals surface area contributed by atoms with Gasteiger partial charge in [0.25, 0.3) is 0 Å². The lowest BCUT2D eigenvalue weighted by Crippen LogP contribution is -2.28. The molecule has 0 aliphatic rings. The van der Waals surface area contributed by atoms with Crippen molar-refractivity contribution in [1.29, 1.82) is 0 Å². The van der Waals surface area contributed by atoms with Crippen molar-refractivity contribution in [3.05, 3.63) is 50.9 Å². The predicted molar refractivity (Wildman–Crippen MR) is 65.4 cm³/mol. The minimum absolute atomic E-state index is 0.00799. The van der Waals surface area contributed by atoms with E-state index in [0.29, 0.717) is 0 Å². The van der Waals surface area contributed by atoms with E-state index in [1.165, 1.54) is 0 Å². The highest BCUT2D eigenvalue weighted by Gasteiger charge is 2.15. The molecule has 1 atom stereocenters. The van der Waals surface area contributed by atoms with Gasteiger partial charge in [-0.25, -0.2) is 5.43 Å². The number of nitrogens with one attached hydrogen (secondary N) is 1. The average Bonchev–Trinajstić information content (AvgIpc) is 2.68. The van der Waals surface area contributed by atoms with Crippen molar-refractivity contribution in [2.45, 2.75) is 6.04 Å². The lowest BCUT2D eigenvalue weighted by atomic mass is 10.0. The van der Waals surface area contributed by atoms with Crippen LogP contribution in [0.1, 0.15) is 17.2 Å². The number of thiophene rings is 1. The van der Waals surface area contributed by atoms with Crippen LogP contribution in [0, 0.1) is 0 Å². The SMILES string of the molecule is NNC(c1ccncc1)c1cscc1Br. The van der Waals surface area contributed by atoms with Crippen molar-refractivity contribution < 1.29 is 0 Å². The summed E-state index contributed by atoms with van der Waals surface area (Å²) in [5.41, 5.74) is 5.06. The Labute approximate surface area is 100 Å². The molecule has 3 N–H and O–H groups in total. The number of hydrogen-bond donors (Lipinski definition) is 2. The highest BCUT2D eigenvalue weighted by molar-refractivity contribution is 9.10. The lowest BCUT2D eigenvalue weighted by Gasteiger charge is -2.15. The molecule has 5 heteroatoms. The molecule has 2 aromatic heterocycles. The first-order valence-corrected chi connectivity index (χ1v) is 6.14. The zero-order valence-electron chi connectivity index (χ0n) is 7.85. The van der Waals surface area contributed by atoms with Crippen molar-refractivity contribution in [1.82, 2.24) is 10.4 Å². The molecule has 0 aliphatic carbocycles. The molecule has 2 rings (SSSR count). The first-order valence-electron chi connectivity index (χ1n) is 4.40. The quantitative estimate of drug-likeness (QED) is 0.672. The summed E-state index contributed by atoms with van der Waals surface area (Å²) in [6.07, 6.45) is 3.53. The zero-order valence-corrected chi connectivity index (χ0v) is 10.3. The summed E-state index contributed by atoms with van der Waals surface area (Å²) in [6, 6.07) is 3.91. The maximum Gasteiger partial charge on any atom is 0.0730 e. The van der Waals surface area contributed by atoms with Crippen LogP contribution in [-0.2, 0) is 0 Å². The van der Waals surface area contributed by atoms with Crippen LogP contribution < -0.4 is 11.3 Å². The number of halogens is 1. The molecule has 0 saturated carbocycles. The summed E-state index contributed by atoms with van der Waals surface area (Å²) in [6.45, 7) is 0. The van der Waals surface area contributed by atoms with Crippen LogP contribution in [0.4, 0.5) is 0 Å². The van der Waals surface area contributed by atoms with Crippen LogP contribution >= 0.6 is 27.3 Å². The third-order valence-corrected chi connectivity index (χ3v) is 3.91. The van der Waals surface area contributed by atoms with E-state index in [9.17, 15) is 0 Å². The minimum Gasteiger partial charge on any atom is -0.271 e. The van der Waals surface area contributed by atoms with Crippen LogP contribution in [0.5, 0.6) is 0 Å². The van der Waals surface area contributed by atoms with Gasteiger partial charge in [0.05, 0.1) is 6.04 Å². The van der Waals surface area contributed by atoms with Gasteiger partial charge in [-0.1, -0.05) is 0 Å². The molecule has 3 nitrogen and oxygen atoms in total. The third-order valence-electron chi connectivity index (χ3n) is 2.16. The van der Waals surface area contributed by atoms with Crippen LogP contribution in [-0.4, -0.2) is 4.98 Å². The van der Waals surface area contributed by atoms with Gasteiger partial charge in [0.1, 0.15) is 0 Å². The van der Waals surface area contributed by atoms with Crippen molar-refractivity contribution >= 4 is 27.3 Å². The molecule has 1 unspecified atom stereocenters. The summed E-state index contributed by atoms with van der Waals surface area (Å²) in [5.74, 6) is 5.58. The number of nitrogens with zero attached hydrogens (tertiary/aromatic N) is 1. The Bertz CT molecular complexity index is 429. The van der Waals surface area contributed by atoms with Crippen LogP contribution in [0.3, 0.4) is 0 Å². The van der Waals surface area contributed by atoms with Crippen molar-refractivity contribution in [2.75, 3.05) is 0 Å².